The Kier molecular flexibility index (Phi) is 3.27. The number of ketones is 1. The standard InChI is InChI=1S/C14H17NO2/c1-9(2)7-13(16)11-3-5-12-10(8-11)4-6-14(17)15-12/h3,5,8-9H,4,6-7H2,1-2H3,(H,15,17). The van der Waals surface area contributed by atoms with Gasteiger partial charge in [0.2, 0.25) is 5.91 Å². The van der Waals surface area contributed by atoms with Crippen molar-refractivity contribution >= 4 is 17.4 Å². The number of hydrogen-bond acceptors (Lipinski definition) is 2. The summed E-state index contributed by atoms with van der Waals surface area (Å²) in [6.45, 7) is 4.08. The van der Waals surface area contributed by atoms with Crippen LogP contribution in [0.3, 0.4) is 0 Å². The highest BCUT2D eigenvalue weighted by Gasteiger charge is 2.16. The Morgan fingerprint density at radius 3 is 2.82 bits per heavy atom. The minimum atomic E-state index is 0.0544. The van der Waals surface area contributed by atoms with E-state index in [1.54, 1.807) is 6.07 Å². The van der Waals surface area contributed by atoms with Gasteiger partial charge in [-0.3, -0.25) is 9.59 Å². The van der Waals surface area contributed by atoms with Crippen molar-refractivity contribution < 1.29 is 9.59 Å². The molecular formula is C14H17NO2. The first kappa shape index (κ1) is 11.8. The van der Waals surface area contributed by atoms with Crippen molar-refractivity contribution in [1.29, 1.82) is 0 Å². The van der Waals surface area contributed by atoms with Gasteiger partial charge in [-0.25, -0.2) is 0 Å². The lowest BCUT2D eigenvalue weighted by Crippen LogP contribution is -2.19. The van der Waals surface area contributed by atoms with Gasteiger partial charge in [0.25, 0.3) is 0 Å². The predicted octanol–water partition coefficient (Wildman–Crippen LogP) is 2.80. The number of carbonyl (C=O) groups excluding carboxylic acids is 2. The number of anilines is 1. The van der Waals surface area contributed by atoms with Crippen molar-refractivity contribution in [2.24, 2.45) is 5.92 Å². The summed E-state index contributed by atoms with van der Waals surface area (Å²) in [5, 5.41) is 2.82. The lowest BCUT2D eigenvalue weighted by atomic mass is 9.96. The molecule has 0 saturated carbocycles. The van der Waals surface area contributed by atoms with E-state index in [1.807, 2.05) is 26.0 Å². The number of aryl methyl sites for hydroxylation is 1. The summed E-state index contributed by atoms with van der Waals surface area (Å²) in [5.41, 5.74) is 2.68. The van der Waals surface area contributed by atoms with Crippen LogP contribution in [-0.4, -0.2) is 11.7 Å². The van der Waals surface area contributed by atoms with Crippen LogP contribution in [0, 0.1) is 5.92 Å². The molecule has 0 unspecified atom stereocenters. The van der Waals surface area contributed by atoms with Gasteiger partial charge in [-0.2, -0.15) is 0 Å². The summed E-state index contributed by atoms with van der Waals surface area (Å²) in [5.74, 6) is 0.608. The molecule has 0 fully saturated rings. The van der Waals surface area contributed by atoms with Crippen molar-refractivity contribution in [2.45, 2.75) is 33.1 Å². The summed E-state index contributed by atoms with van der Waals surface area (Å²) in [6, 6.07) is 5.55. The highest BCUT2D eigenvalue weighted by Crippen LogP contribution is 2.24. The number of nitrogens with one attached hydrogen (secondary N) is 1. The molecule has 0 spiro atoms. The Morgan fingerprint density at radius 1 is 1.35 bits per heavy atom. The SMILES string of the molecule is CC(C)CC(=O)c1ccc2c(c1)CCC(=O)N2. The van der Waals surface area contributed by atoms with Crippen LogP contribution in [0.15, 0.2) is 18.2 Å². The van der Waals surface area contributed by atoms with E-state index in [2.05, 4.69) is 5.32 Å². The molecule has 3 nitrogen and oxygen atoms in total. The van der Waals surface area contributed by atoms with E-state index in [4.69, 9.17) is 0 Å². The van der Waals surface area contributed by atoms with Crippen molar-refractivity contribution in [2.75, 3.05) is 5.32 Å². The van der Waals surface area contributed by atoms with Gasteiger partial charge in [0.1, 0.15) is 0 Å². The van der Waals surface area contributed by atoms with E-state index in [-0.39, 0.29) is 11.7 Å². The molecule has 1 aromatic carbocycles. The molecular weight excluding hydrogens is 214 g/mol. The molecule has 1 aromatic rings. The maximum atomic E-state index is 11.9. The normalized spacial score (nSPS) is 14.4. The Hall–Kier alpha value is -1.64. The molecule has 0 aromatic heterocycles. The van der Waals surface area contributed by atoms with Crippen molar-refractivity contribution in [3.63, 3.8) is 0 Å². The zero-order valence-electron chi connectivity index (χ0n) is 10.2. The van der Waals surface area contributed by atoms with Crippen LogP contribution >= 0.6 is 0 Å². The molecule has 3 heteroatoms. The summed E-state index contributed by atoms with van der Waals surface area (Å²) < 4.78 is 0. The van der Waals surface area contributed by atoms with Crippen LogP contribution in [0.25, 0.3) is 0 Å². The molecule has 0 aliphatic carbocycles. The summed E-state index contributed by atoms with van der Waals surface area (Å²) in [6.07, 6.45) is 1.81. The third kappa shape index (κ3) is 2.73. The summed E-state index contributed by atoms with van der Waals surface area (Å²) >= 11 is 0. The average molecular weight is 231 g/mol. The van der Waals surface area contributed by atoms with Gasteiger partial charge < -0.3 is 5.32 Å². The molecule has 1 heterocycles. The van der Waals surface area contributed by atoms with E-state index >= 15 is 0 Å². The number of Topliss-reactive ketones (excluding diaryl/α,β-unsaturated/α-hetero) is 1. The van der Waals surface area contributed by atoms with Gasteiger partial charge in [0, 0.05) is 24.1 Å². The van der Waals surface area contributed by atoms with Crippen LogP contribution in [0.4, 0.5) is 5.69 Å². The zero-order valence-corrected chi connectivity index (χ0v) is 10.2. The molecule has 0 saturated heterocycles. The second kappa shape index (κ2) is 4.70. The molecule has 17 heavy (non-hydrogen) atoms. The van der Waals surface area contributed by atoms with Gasteiger partial charge >= 0.3 is 0 Å². The molecule has 1 amide bonds. The van der Waals surface area contributed by atoms with Crippen molar-refractivity contribution in [1.82, 2.24) is 0 Å². The fourth-order valence-corrected chi connectivity index (χ4v) is 2.05. The zero-order chi connectivity index (χ0) is 12.4. The maximum absolute atomic E-state index is 11.9. The van der Waals surface area contributed by atoms with Crippen LogP contribution in [0.2, 0.25) is 0 Å². The van der Waals surface area contributed by atoms with Crippen molar-refractivity contribution in [3.8, 4) is 0 Å². The van der Waals surface area contributed by atoms with Crippen molar-refractivity contribution in [3.05, 3.63) is 29.3 Å². The largest absolute Gasteiger partial charge is 0.326 e. The highest BCUT2D eigenvalue weighted by molar-refractivity contribution is 5.99. The fourth-order valence-electron chi connectivity index (χ4n) is 2.05. The third-order valence-corrected chi connectivity index (χ3v) is 2.92. The maximum Gasteiger partial charge on any atom is 0.224 e. The minimum absolute atomic E-state index is 0.0544. The van der Waals surface area contributed by atoms with E-state index < -0.39 is 0 Å². The van der Waals surface area contributed by atoms with Crippen LogP contribution < -0.4 is 5.32 Å². The minimum Gasteiger partial charge on any atom is -0.326 e. The molecule has 2 rings (SSSR count). The Balaban J connectivity index is 2.22. The number of hydrogen-bond donors (Lipinski definition) is 1. The first-order valence-electron chi connectivity index (χ1n) is 6.02. The van der Waals surface area contributed by atoms with Gasteiger partial charge in [-0.1, -0.05) is 13.8 Å². The van der Waals surface area contributed by atoms with Crippen LogP contribution in [0.5, 0.6) is 0 Å². The first-order valence-corrected chi connectivity index (χ1v) is 6.02. The third-order valence-electron chi connectivity index (χ3n) is 2.92. The lowest BCUT2D eigenvalue weighted by molar-refractivity contribution is -0.116. The smallest absolute Gasteiger partial charge is 0.224 e. The Bertz CT molecular complexity index is 463. The molecule has 90 valence electrons. The van der Waals surface area contributed by atoms with Gasteiger partial charge in [0.15, 0.2) is 5.78 Å². The topological polar surface area (TPSA) is 46.2 Å². The number of amides is 1. The average Bonchev–Trinajstić information content (AvgIpc) is 2.27. The van der Waals surface area contributed by atoms with E-state index in [9.17, 15) is 9.59 Å². The number of benzene rings is 1. The molecule has 1 N–H and O–H groups in total. The van der Waals surface area contributed by atoms with Gasteiger partial charge in [-0.05, 0) is 36.1 Å². The van der Waals surface area contributed by atoms with E-state index in [1.165, 1.54) is 0 Å². The lowest BCUT2D eigenvalue weighted by Gasteiger charge is -2.17. The number of carbonyl (C=O) groups is 2. The molecule has 1 aliphatic heterocycles. The summed E-state index contributed by atoms with van der Waals surface area (Å²) in [4.78, 5) is 23.1. The monoisotopic (exact) mass is 231 g/mol. The number of fused-ring (bicyclic) bond motifs is 1. The Morgan fingerprint density at radius 2 is 2.12 bits per heavy atom. The molecule has 0 bridgehead atoms. The fraction of sp³-hybridized carbons (Fsp3) is 0.429. The molecule has 0 radical (unpaired) electrons. The van der Waals surface area contributed by atoms with Crippen LogP contribution in [-0.2, 0) is 11.2 Å². The number of rotatable bonds is 3. The Labute approximate surface area is 101 Å². The highest BCUT2D eigenvalue weighted by atomic mass is 16.1. The van der Waals surface area contributed by atoms with E-state index in [0.717, 1.165) is 23.2 Å². The van der Waals surface area contributed by atoms with E-state index in [0.29, 0.717) is 18.8 Å². The van der Waals surface area contributed by atoms with Gasteiger partial charge in [-0.15, -0.1) is 0 Å². The quantitative estimate of drug-likeness (QED) is 0.813. The summed E-state index contributed by atoms with van der Waals surface area (Å²) in [7, 11) is 0. The first-order chi connectivity index (χ1) is 8.06. The van der Waals surface area contributed by atoms with Gasteiger partial charge in [0.05, 0.1) is 0 Å². The second-order valence-corrected chi connectivity index (χ2v) is 4.94. The second-order valence-electron chi connectivity index (χ2n) is 4.94. The molecule has 0 atom stereocenters. The van der Waals surface area contributed by atoms with Crippen LogP contribution in [0.1, 0.15) is 42.6 Å². The molecule has 1 aliphatic rings. The predicted molar refractivity (Wildman–Crippen MR) is 67.2 cm³/mol.